The highest BCUT2D eigenvalue weighted by molar-refractivity contribution is 5.22. The lowest BCUT2D eigenvalue weighted by Gasteiger charge is -2.47. The van der Waals surface area contributed by atoms with Gasteiger partial charge in [0.25, 0.3) is 0 Å². The molecule has 21 heavy (non-hydrogen) atoms. The van der Waals surface area contributed by atoms with Crippen LogP contribution in [0.5, 0.6) is 0 Å². The molecule has 118 valence electrons. The molecule has 4 atom stereocenters. The summed E-state index contributed by atoms with van der Waals surface area (Å²) in [5, 5.41) is 0. The van der Waals surface area contributed by atoms with Crippen LogP contribution >= 0.6 is 0 Å². The smallest absolute Gasteiger partial charge is 0.123 e. The maximum atomic E-state index is 13.2. The van der Waals surface area contributed by atoms with Crippen LogP contribution in [0.2, 0.25) is 0 Å². The van der Waals surface area contributed by atoms with Crippen LogP contribution in [0.15, 0.2) is 24.3 Å². The Hall–Kier alpha value is -0.970. The van der Waals surface area contributed by atoms with Crippen LogP contribution in [-0.4, -0.2) is 48.1 Å². The number of benzene rings is 1. The van der Waals surface area contributed by atoms with Gasteiger partial charge in [-0.25, -0.2) is 4.39 Å². The average molecular weight is 293 g/mol. The Morgan fingerprint density at radius 3 is 2.19 bits per heavy atom. The van der Waals surface area contributed by atoms with Crippen LogP contribution in [0.4, 0.5) is 4.39 Å². The lowest BCUT2D eigenvalue weighted by atomic mass is 9.94. The van der Waals surface area contributed by atoms with Crippen molar-refractivity contribution in [2.45, 2.75) is 51.4 Å². The molecule has 1 aromatic rings. The summed E-state index contributed by atoms with van der Waals surface area (Å²) in [5.41, 5.74) is 7.51. The maximum Gasteiger partial charge on any atom is 0.123 e. The third-order valence-corrected chi connectivity index (χ3v) is 4.87. The number of halogens is 1. The molecule has 2 N–H and O–H groups in total. The van der Waals surface area contributed by atoms with Crippen LogP contribution in [-0.2, 0) is 0 Å². The number of likely N-dealkylation sites (N-methyl/N-ethyl adjacent to an activating group) is 1. The van der Waals surface area contributed by atoms with E-state index in [0.29, 0.717) is 12.1 Å². The number of nitrogens with two attached hydrogens (primary N) is 1. The topological polar surface area (TPSA) is 32.5 Å². The maximum absolute atomic E-state index is 13.2. The monoisotopic (exact) mass is 293 g/mol. The molecule has 1 saturated heterocycles. The van der Waals surface area contributed by atoms with Crippen LogP contribution in [0.1, 0.15) is 38.8 Å². The minimum atomic E-state index is -0.192. The molecule has 1 fully saturated rings. The predicted octanol–water partition coefficient (Wildman–Crippen LogP) is 2.63. The minimum Gasteiger partial charge on any atom is -0.326 e. The van der Waals surface area contributed by atoms with Gasteiger partial charge >= 0.3 is 0 Å². The summed E-state index contributed by atoms with van der Waals surface area (Å²) in [4.78, 5) is 4.88. The van der Waals surface area contributed by atoms with Crippen molar-refractivity contribution in [3.8, 4) is 0 Å². The van der Waals surface area contributed by atoms with Crippen LogP contribution < -0.4 is 5.73 Å². The van der Waals surface area contributed by atoms with Crippen molar-refractivity contribution in [3.63, 3.8) is 0 Å². The fraction of sp³-hybridized carbons (Fsp3) is 0.647. The third kappa shape index (κ3) is 3.62. The van der Waals surface area contributed by atoms with Crippen molar-refractivity contribution >= 4 is 0 Å². The number of hydrogen-bond donors (Lipinski definition) is 1. The van der Waals surface area contributed by atoms with Gasteiger partial charge in [-0.3, -0.25) is 9.80 Å². The van der Waals surface area contributed by atoms with E-state index in [0.717, 1.165) is 25.1 Å². The molecule has 1 aromatic carbocycles. The highest BCUT2D eigenvalue weighted by Crippen LogP contribution is 2.29. The Morgan fingerprint density at radius 1 is 1.19 bits per heavy atom. The van der Waals surface area contributed by atoms with Crippen molar-refractivity contribution in [2.24, 2.45) is 5.73 Å². The van der Waals surface area contributed by atoms with Crippen molar-refractivity contribution < 1.29 is 4.39 Å². The number of nitrogens with zero attached hydrogens (tertiary/aromatic N) is 2. The standard InChI is InChI=1S/C17H28FN3/c1-5-16(19)17(14-6-8-15(18)9-7-14)21-10-12(2)20(4)13(3)11-21/h6-9,12-13,16-17H,5,10-11,19H2,1-4H3. The minimum absolute atomic E-state index is 0.0678. The van der Waals surface area contributed by atoms with E-state index >= 15 is 0 Å². The van der Waals surface area contributed by atoms with E-state index in [9.17, 15) is 4.39 Å². The Labute approximate surface area is 127 Å². The first kappa shape index (κ1) is 16.4. The van der Waals surface area contributed by atoms with Crippen molar-refractivity contribution in [3.05, 3.63) is 35.6 Å². The number of rotatable bonds is 4. The SMILES string of the molecule is CCC(N)C(c1ccc(F)cc1)N1CC(C)N(C)C(C)C1. The summed E-state index contributed by atoms with van der Waals surface area (Å²) in [5.74, 6) is -0.192. The van der Waals surface area contributed by atoms with Crippen LogP contribution in [0.25, 0.3) is 0 Å². The van der Waals surface area contributed by atoms with Gasteiger partial charge in [0.1, 0.15) is 5.82 Å². The number of hydrogen-bond acceptors (Lipinski definition) is 3. The highest BCUT2D eigenvalue weighted by atomic mass is 19.1. The van der Waals surface area contributed by atoms with Gasteiger partial charge in [-0.2, -0.15) is 0 Å². The van der Waals surface area contributed by atoms with Gasteiger partial charge in [0.05, 0.1) is 0 Å². The van der Waals surface area contributed by atoms with Gasteiger partial charge < -0.3 is 5.73 Å². The molecule has 4 unspecified atom stereocenters. The molecule has 0 radical (unpaired) electrons. The number of piperazine rings is 1. The molecule has 1 aliphatic rings. The molecule has 2 rings (SSSR count). The Bertz CT molecular complexity index is 436. The van der Waals surface area contributed by atoms with Crippen LogP contribution in [0.3, 0.4) is 0 Å². The normalized spacial score (nSPS) is 27.5. The van der Waals surface area contributed by atoms with E-state index in [4.69, 9.17) is 5.73 Å². The highest BCUT2D eigenvalue weighted by Gasteiger charge is 2.33. The van der Waals surface area contributed by atoms with E-state index < -0.39 is 0 Å². The van der Waals surface area contributed by atoms with E-state index in [-0.39, 0.29) is 17.9 Å². The van der Waals surface area contributed by atoms with E-state index in [1.54, 1.807) is 0 Å². The zero-order valence-electron chi connectivity index (χ0n) is 13.6. The summed E-state index contributed by atoms with van der Waals surface area (Å²) >= 11 is 0. The molecule has 0 aromatic heterocycles. The first-order valence-corrected chi connectivity index (χ1v) is 7.91. The van der Waals surface area contributed by atoms with E-state index in [2.05, 4.69) is 37.6 Å². The summed E-state index contributed by atoms with van der Waals surface area (Å²) in [7, 11) is 2.18. The van der Waals surface area contributed by atoms with Gasteiger partial charge in [-0.1, -0.05) is 19.1 Å². The van der Waals surface area contributed by atoms with Crippen molar-refractivity contribution in [1.82, 2.24) is 9.80 Å². The lowest BCUT2D eigenvalue weighted by molar-refractivity contribution is 0.0254. The predicted molar refractivity (Wildman–Crippen MR) is 85.7 cm³/mol. The molecule has 3 nitrogen and oxygen atoms in total. The summed E-state index contributed by atoms with van der Waals surface area (Å²) in [6.45, 7) is 8.61. The van der Waals surface area contributed by atoms with Gasteiger partial charge in [0.2, 0.25) is 0 Å². The van der Waals surface area contributed by atoms with Gasteiger partial charge in [-0.15, -0.1) is 0 Å². The lowest BCUT2D eigenvalue weighted by Crippen LogP contribution is -2.57. The van der Waals surface area contributed by atoms with Crippen molar-refractivity contribution in [2.75, 3.05) is 20.1 Å². The molecular weight excluding hydrogens is 265 g/mol. The summed E-state index contributed by atoms with van der Waals surface area (Å²) in [6, 6.07) is 8.06. The first-order valence-electron chi connectivity index (χ1n) is 7.91. The largest absolute Gasteiger partial charge is 0.326 e. The fourth-order valence-electron chi connectivity index (χ4n) is 3.28. The van der Waals surface area contributed by atoms with Crippen LogP contribution in [0, 0.1) is 5.82 Å². The fourth-order valence-corrected chi connectivity index (χ4v) is 3.28. The zero-order chi connectivity index (χ0) is 15.6. The molecule has 0 aliphatic carbocycles. The van der Waals surface area contributed by atoms with Crippen molar-refractivity contribution in [1.29, 1.82) is 0 Å². The van der Waals surface area contributed by atoms with Gasteiger partial charge in [-0.05, 0) is 45.0 Å². The molecule has 1 heterocycles. The Balaban J connectivity index is 2.26. The Kier molecular flexibility index (Phi) is 5.36. The molecule has 4 heteroatoms. The van der Waals surface area contributed by atoms with E-state index in [1.807, 2.05) is 12.1 Å². The second-order valence-corrected chi connectivity index (χ2v) is 6.39. The molecule has 0 amide bonds. The molecular formula is C17H28FN3. The quantitative estimate of drug-likeness (QED) is 0.926. The van der Waals surface area contributed by atoms with Gasteiger partial charge in [0.15, 0.2) is 0 Å². The third-order valence-electron chi connectivity index (χ3n) is 4.87. The second kappa shape index (κ2) is 6.86. The molecule has 0 bridgehead atoms. The molecule has 0 saturated carbocycles. The van der Waals surface area contributed by atoms with E-state index in [1.165, 1.54) is 12.1 Å². The summed E-state index contributed by atoms with van der Waals surface area (Å²) < 4.78 is 13.2. The first-order chi connectivity index (χ1) is 9.93. The average Bonchev–Trinajstić information content (AvgIpc) is 2.46. The second-order valence-electron chi connectivity index (χ2n) is 6.39. The zero-order valence-corrected chi connectivity index (χ0v) is 13.6. The Morgan fingerprint density at radius 2 is 1.71 bits per heavy atom. The van der Waals surface area contributed by atoms with Gasteiger partial charge in [0, 0.05) is 37.3 Å². The summed E-state index contributed by atoms with van der Waals surface area (Å²) in [6.07, 6.45) is 0.914. The molecule has 0 spiro atoms. The molecule has 1 aliphatic heterocycles.